The zero-order chi connectivity index (χ0) is 17.6. The molecule has 1 aliphatic heterocycles. The number of hydrogen-bond acceptors (Lipinski definition) is 5. The Bertz CT molecular complexity index is 1020. The second kappa shape index (κ2) is 5.59. The van der Waals surface area contributed by atoms with E-state index in [1.807, 2.05) is 17.5 Å². The largest absolute Gasteiger partial charge is 0.420 e. The van der Waals surface area contributed by atoms with Gasteiger partial charge in [0, 0.05) is 18.0 Å². The van der Waals surface area contributed by atoms with Crippen LogP contribution in [0.1, 0.15) is 11.8 Å². The van der Waals surface area contributed by atoms with E-state index in [2.05, 4.69) is 5.32 Å². The first-order valence-corrected chi connectivity index (χ1v) is 8.65. The van der Waals surface area contributed by atoms with Crippen molar-refractivity contribution in [2.45, 2.75) is 19.0 Å². The number of carbonyl (C=O) groups excluding carboxylic acids is 2. The van der Waals surface area contributed by atoms with Gasteiger partial charge < -0.3 is 9.73 Å². The van der Waals surface area contributed by atoms with Crippen molar-refractivity contribution in [1.29, 1.82) is 0 Å². The number of thiophene rings is 1. The molecular weight excluding hydrogens is 342 g/mol. The molecule has 1 fully saturated rings. The Balaban J connectivity index is 1.59. The standard InChI is InChI=1S/C17H15N3O4S/c1-17(13-7-4-10-25-13)14(21)20(15(22)18-17)9-8-19-11-5-2-3-6-12(11)24-16(19)23/h2-7,10H,8-9H2,1H3,(H,18,22). The van der Waals surface area contributed by atoms with Crippen molar-refractivity contribution in [3.05, 3.63) is 57.2 Å². The second-order valence-electron chi connectivity index (χ2n) is 5.98. The Morgan fingerprint density at radius 1 is 1.12 bits per heavy atom. The van der Waals surface area contributed by atoms with Crippen molar-refractivity contribution in [3.63, 3.8) is 0 Å². The molecule has 0 spiro atoms. The van der Waals surface area contributed by atoms with Crippen LogP contribution in [-0.2, 0) is 16.9 Å². The van der Waals surface area contributed by atoms with Crippen LogP contribution in [0.2, 0.25) is 0 Å². The van der Waals surface area contributed by atoms with Gasteiger partial charge >= 0.3 is 11.8 Å². The maximum Gasteiger partial charge on any atom is 0.420 e. The number of amides is 3. The van der Waals surface area contributed by atoms with Gasteiger partial charge in [0.05, 0.1) is 5.52 Å². The fourth-order valence-electron chi connectivity index (χ4n) is 3.06. The number of nitrogens with zero attached hydrogens (tertiary/aromatic N) is 2. The third-order valence-electron chi connectivity index (χ3n) is 4.41. The predicted octanol–water partition coefficient (Wildman–Crippen LogP) is 2.12. The van der Waals surface area contributed by atoms with E-state index in [9.17, 15) is 14.4 Å². The number of carbonyl (C=O) groups is 2. The Kier molecular flexibility index (Phi) is 3.50. The third-order valence-corrected chi connectivity index (χ3v) is 5.50. The van der Waals surface area contributed by atoms with Gasteiger partial charge in [-0.2, -0.15) is 0 Å². The molecule has 8 heteroatoms. The molecule has 2 aromatic heterocycles. The lowest BCUT2D eigenvalue weighted by molar-refractivity contribution is -0.131. The van der Waals surface area contributed by atoms with Crippen LogP contribution in [0.25, 0.3) is 11.1 Å². The molecule has 3 aromatic rings. The Morgan fingerprint density at radius 3 is 2.68 bits per heavy atom. The van der Waals surface area contributed by atoms with Gasteiger partial charge in [0.2, 0.25) is 0 Å². The van der Waals surface area contributed by atoms with Crippen LogP contribution < -0.4 is 11.1 Å². The highest BCUT2D eigenvalue weighted by Crippen LogP contribution is 2.31. The van der Waals surface area contributed by atoms with E-state index in [1.165, 1.54) is 15.9 Å². The van der Waals surface area contributed by atoms with Gasteiger partial charge in [-0.05, 0) is 30.5 Å². The molecule has 1 aromatic carbocycles. The summed E-state index contributed by atoms with van der Waals surface area (Å²) in [5, 5.41) is 4.61. The van der Waals surface area contributed by atoms with Crippen LogP contribution in [0.15, 0.2) is 51.0 Å². The van der Waals surface area contributed by atoms with Crippen LogP contribution in [0.3, 0.4) is 0 Å². The first-order valence-electron chi connectivity index (χ1n) is 7.77. The van der Waals surface area contributed by atoms with Gasteiger partial charge in [-0.3, -0.25) is 14.3 Å². The average molecular weight is 357 g/mol. The summed E-state index contributed by atoms with van der Waals surface area (Å²) in [6.07, 6.45) is 0. The van der Waals surface area contributed by atoms with Crippen molar-refractivity contribution in [1.82, 2.24) is 14.8 Å². The first-order chi connectivity index (χ1) is 12.0. The number of benzene rings is 1. The minimum absolute atomic E-state index is 0.0923. The maximum absolute atomic E-state index is 12.8. The lowest BCUT2D eigenvalue weighted by atomic mass is 10.0. The quantitative estimate of drug-likeness (QED) is 0.725. The summed E-state index contributed by atoms with van der Waals surface area (Å²) in [6.45, 7) is 1.96. The van der Waals surface area contributed by atoms with Crippen molar-refractivity contribution in [3.8, 4) is 0 Å². The summed E-state index contributed by atoms with van der Waals surface area (Å²) in [6, 6.07) is 10.2. The van der Waals surface area contributed by atoms with Crippen molar-refractivity contribution in [2.24, 2.45) is 0 Å². The number of hydrogen-bond donors (Lipinski definition) is 1. The van der Waals surface area contributed by atoms with Gasteiger partial charge in [0.15, 0.2) is 11.1 Å². The van der Waals surface area contributed by atoms with Crippen molar-refractivity contribution >= 4 is 34.4 Å². The highest BCUT2D eigenvalue weighted by Gasteiger charge is 2.49. The van der Waals surface area contributed by atoms with Crippen molar-refractivity contribution < 1.29 is 14.0 Å². The molecule has 3 amide bonds. The molecular formula is C17H15N3O4S. The van der Waals surface area contributed by atoms with Crippen LogP contribution in [-0.4, -0.2) is 28.0 Å². The fourth-order valence-corrected chi connectivity index (χ4v) is 3.89. The number of para-hydroxylation sites is 2. The highest BCUT2D eigenvalue weighted by molar-refractivity contribution is 7.10. The Morgan fingerprint density at radius 2 is 1.92 bits per heavy atom. The molecule has 4 rings (SSSR count). The summed E-state index contributed by atoms with van der Waals surface area (Å²) in [5.41, 5.74) is 0.0583. The first kappa shape index (κ1) is 15.6. The lowest BCUT2D eigenvalue weighted by Gasteiger charge is -2.20. The van der Waals surface area contributed by atoms with Gasteiger partial charge in [-0.15, -0.1) is 11.3 Å². The molecule has 0 aliphatic carbocycles. The number of oxazole rings is 1. The van der Waals surface area contributed by atoms with E-state index in [0.29, 0.717) is 11.1 Å². The molecule has 1 N–H and O–H groups in total. The number of urea groups is 1. The number of rotatable bonds is 4. The minimum Gasteiger partial charge on any atom is -0.408 e. The van der Waals surface area contributed by atoms with Gasteiger partial charge in [-0.25, -0.2) is 9.59 Å². The van der Waals surface area contributed by atoms with Crippen LogP contribution >= 0.6 is 11.3 Å². The number of imide groups is 1. The Hall–Kier alpha value is -2.87. The summed E-state index contributed by atoms with van der Waals surface area (Å²) in [4.78, 5) is 39.0. The smallest absolute Gasteiger partial charge is 0.408 e. The third kappa shape index (κ3) is 2.37. The molecule has 128 valence electrons. The molecule has 1 atom stereocenters. The lowest BCUT2D eigenvalue weighted by Crippen LogP contribution is -2.40. The minimum atomic E-state index is -1.06. The second-order valence-corrected chi connectivity index (χ2v) is 6.92. The molecule has 1 saturated heterocycles. The zero-order valence-electron chi connectivity index (χ0n) is 13.4. The molecule has 1 aliphatic rings. The SMILES string of the molecule is CC1(c2cccs2)NC(=O)N(CCn2c(=O)oc3ccccc32)C1=O. The zero-order valence-corrected chi connectivity index (χ0v) is 14.2. The van der Waals surface area contributed by atoms with Crippen LogP contribution in [0.4, 0.5) is 4.79 Å². The monoisotopic (exact) mass is 357 g/mol. The van der Waals surface area contributed by atoms with Crippen molar-refractivity contribution in [2.75, 3.05) is 6.54 Å². The Labute approximate surface area is 146 Å². The molecule has 0 saturated carbocycles. The van der Waals surface area contributed by atoms with E-state index >= 15 is 0 Å². The summed E-state index contributed by atoms with van der Waals surface area (Å²) < 4.78 is 6.60. The molecule has 25 heavy (non-hydrogen) atoms. The van der Waals surface area contributed by atoms with E-state index < -0.39 is 17.3 Å². The number of nitrogens with one attached hydrogen (secondary N) is 1. The normalized spacial score (nSPS) is 20.4. The topological polar surface area (TPSA) is 84.6 Å². The fraction of sp³-hybridized carbons (Fsp3) is 0.235. The van der Waals surface area contributed by atoms with E-state index in [4.69, 9.17) is 4.42 Å². The molecule has 0 bridgehead atoms. The molecule has 1 unspecified atom stereocenters. The average Bonchev–Trinajstić information content (AvgIpc) is 3.27. The van der Waals surface area contributed by atoms with E-state index in [1.54, 1.807) is 31.2 Å². The van der Waals surface area contributed by atoms with E-state index in [-0.39, 0.29) is 19.0 Å². The molecule has 3 heterocycles. The summed E-state index contributed by atoms with van der Waals surface area (Å²) in [7, 11) is 0. The van der Waals surface area contributed by atoms with Gasteiger partial charge in [0.1, 0.15) is 0 Å². The summed E-state index contributed by atoms with van der Waals surface area (Å²) in [5.74, 6) is -0.824. The number of fused-ring (bicyclic) bond motifs is 1. The maximum atomic E-state index is 12.8. The van der Waals surface area contributed by atoms with E-state index in [0.717, 1.165) is 9.78 Å². The van der Waals surface area contributed by atoms with Crippen LogP contribution in [0, 0.1) is 0 Å². The molecule has 0 radical (unpaired) electrons. The van der Waals surface area contributed by atoms with Crippen LogP contribution in [0.5, 0.6) is 0 Å². The number of aromatic nitrogens is 1. The van der Waals surface area contributed by atoms with Gasteiger partial charge in [-0.1, -0.05) is 18.2 Å². The molecule has 7 nitrogen and oxygen atoms in total. The summed E-state index contributed by atoms with van der Waals surface area (Å²) >= 11 is 1.41. The van der Waals surface area contributed by atoms with Gasteiger partial charge in [0.25, 0.3) is 5.91 Å². The highest BCUT2D eigenvalue weighted by atomic mass is 32.1. The predicted molar refractivity (Wildman–Crippen MR) is 92.4 cm³/mol.